The molecule has 0 aliphatic carbocycles. The largest absolute Gasteiger partial charge is 0.367 e. The van der Waals surface area contributed by atoms with Crippen molar-refractivity contribution in [3.63, 3.8) is 0 Å². The molecule has 0 bridgehead atoms. The number of nitrogens with zero attached hydrogens (tertiary/aromatic N) is 6. The summed E-state index contributed by atoms with van der Waals surface area (Å²) in [4.78, 5) is 4.45. The fourth-order valence-corrected chi connectivity index (χ4v) is 4.50. The second-order valence-electron chi connectivity index (χ2n) is 8.11. The number of para-hydroxylation sites is 1. The molecule has 0 amide bonds. The number of hydrogen-bond donors (Lipinski definition) is 0. The molecule has 6 nitrogen and oxygen atoms in total. The molecule has 0 radical (unpaired) electrons. The van der Waals surface area contributed by atoms with E-state index in [0.29, 0.717) is 30.3 Å². The van der Waals surface area contributed by atoms with Crippen LogP contribution >= 0.6 is 11.6 Å². The van der Waals surface area contributed by atoms with Crippen molar-refractivity contribution < 1.29 is 4.39 Å². The predicted molar refractivity (Wildman–Crippen MR) is 127 cm³/mol. The van der Waals surface area contributed by atoms with E-state index in [-0.39, 0.29) is 11.9 Å². The standard InChI is InChI=1S/C25H24ClFN6/c26-21-12-10-20(11-13-21)24(25-28-29-30-33(25)18-19-6-2-1-3-7-19)32-16-14-31(15-17-32)23-9-5-4-8-22(23)27/h1-13,24H,14-18H2/t24-/m1/s1. The van der Waals surface area contributed by atoms with Gasteiger partial charge in [-0.15, -0.1) is 5.10 Å². The summed E-state index contributed by atoms with van der Waals surface area (Å²) in [5.74, 6) is 0.590. The second-order valence-corrected chi connectivity index (χ2v) is 8.55. The van der Waals surface area contributed by atoms with Gasteiger partial charge in [-0.1, -0.05) is 66.2 Å². The number of tetrazole rings is 1. The predicted octanol–water partition coefficient (Wildman–Crippen LogP) is 4.43. The van der Waals surface area contributed by atoms with Crippen molar-refractivity contribution in [2.45, 2.75) is 12.6 Å². The van der Waals surface area contributed by atoms with Gasteiger partial charge in [0.2, 0.25) is 0 Å². The summed E-state index contributed by atoms with van der Waals surface area (Å²) < 4.78 is 16.2. The van der Waals surface area contributed by atoms with Crippen molar-refractivity contribution >= 4 is 17.3 Å². The Morgan fingerprint density at radius 3 is 2.27 bits per heavy atom. The molecule has 0 N–H and O–H groups in total. The highest BCUT2D eigenvalue weighted by Crippen LogP contribution is 2.30. The van der Waals surface area contributed by atoms with Gasteiger partial charge in [-0.3, -0.25) is 4.90 Å². The van der Waals surface area contributed by atoms with Crippen LogP contribution in [0.4, 0.5) is 10.1 Å². The van der Waals surface area contributed by atoms with Gasteiger partial charge in [-0.2, -0.15) is 0 Å². The minimum Gasteiger partial charge on any atom is -0.367 e. The van der Waals surface area contributed by atoms with Gasteiger partial charge in [0.25, 0.3) is 0 Å². The van der Waals surface area contributed by atoms with Crippen LogP contribution in [0, 0.1) is 5.82 Å². The van der Waals surface area contributed by atoms with Crippen LogP contribution in [0.2, 0.25) is 5.02 Å². The summed E-state index contributed by atoms with van der Waals surface area (Å²) in [6.45, 7) is 3.51. The monoisotopic (exact) mass is 462 g/mol. The first-order valence-electron chi connectivity index (χ1n) is 11.0. The van der Waals surface area contributed by atoms with Crippen LogP contribution in [0.5, 0.6) is 0 Å². The number of rotatable bonds is 6. The quantitative estimate of drug-likeness (QED) is 0.424. The molecule has 1 aromatic heterocycles. The number of halogens is 2. The normalized spacial score (nSPS) is 15.5. The average molecular weight is 463 g/mol. The molecule has 1 fully saturated rings. The topological polar surface area (TPSA) is 50.1 Å². The highest BCUT2D eigenvalue weighted by molar-refractivity contribution is 6.30. The lowest BCUT2D eigenvalue weighted by Gasteiger charge is -2.40. The number of aromatic nitrogens is 4. The van der Waals surface area contributed by atoms with Crippen LogP contribution in [-0.2, 0) is 6.54 Å². The van der Waals surface area contributed by atoms with Crippen LogP contribution in [-0.4, -0.2) is 51.3 Å². The maximum absolute atomic E-state index is 14.3. The number of piperazine rings is 1. The zero-order valence-corrected chi connectivity index (χ0v) is 18.8. The van der Waals surface area contributed by atoms with Gasteiger partial charge in [-0.05, 0) is 45.8 Å². The highest BCUT2D eigenvalue weighted by Gasteiger charge is 2.31. The summed E-state index contributed by atoms with van der Waals surface area (Å²) in [7, 11) is 0. The second kappa shape index (κ2) is 9.68. The number of anilines is 1. The summed E-state index contributed by atoms with van der Waals surface area (Å²) in [5, 5.41) is 13.4. The molecule has 1 saturated heterocycles. The van der Waals surface area contributed by atoms with E-state index in [1.54, 1.807) is 6.07 Å². The summed E-state index contributed by atoms with van der Waals surface area (Å²) in [6.07, 6.45) is 0. The van der Waals surface area contributed by atoms with Gasteiger partial charge in [0, 0.05) is 31.2 Å². The Labute approximate surface area is 197 Å². The molecule has 8 heteroatoms. The number of benzene rings is 3. The average Bonchev–Trinajstić information content (AvgIpc) is 3.29. The Kier molecular flexibility index (Phi) is 6.32. The Morgan fingerprint density at radius 1 is 0.848 bits per heavy atom. The number of hydrogen-bond acceptors (Lipinski definition) is 5. The maximum atomic E-state index is 14.3. The fraction of sp³-hybridized carbons (Fsp3) is 0.240. The van der Waals surface area contributed by atoms with Crippen molar-refractivity contribution in [1.82, 2.24) is 25.1 Å². The lowest BCUT2D eigenvalue weighted by molar-refractivity contribution is 0.201. The molecular weight excluding hydrogens is 439 g/mol. The molecule has 168 valence electrons. The van der Waals surface area contributed by atoms with Crippen LogP contribution in [0.3, 0.4) is 0 Å². The van der Waals surface area contributed by atoms with Crippen molar-refractivity contribution in [2.24, 2.45) is 0 Å². The smallest absolute Gasteiger partial charge is 0.173 e. The molecule has 0 saturated carbocycles. The zero-order valence-electron chi connectivity index (χ0n) is 18.1. The van der Waals surface area contributed by atoms with Gasteiger partial charge in [0.15, 0.2) is 5.82 Å². The van der Waals surface area contributed by atoms with Gasteiger partial charge >= 0.3 is 0 Å². The van der Waals surface area contributed by atoms with Gasteiger partial charge in [-0.25, -0.2) is 9.07 Å². The Hall–Kier alpha value is -3.29. The molecule has 1 aliphatic heterocycles. The maximum Gasteiger partial charge on any atom is 0.173 e. The lowest BCUT2D eigenvalue weighted by Crippen LogP contribution is -2.48. The van der Waals surface area contributed by atoms with Crippen LogP contribution in [0.1, 0.15) is 23.0 Å². The van der Waals surface area contributed by atoms with E-state index >= 15 is 0 Å². The third kappa shape index (κ3) is 4.74. The van der Waals surface area contributed by atoms with Crippen LogP contribution in [0.25, 0.3) is 0 Å². The Morgan fingerprint density at radius 2 is 1.55 bits per heavy atom. The third-order valence-electron chi connectivity index (χ3n) is 6.04. The molecular formula is C25H24ClFN6. The summed E-state index contributed by atoms with van der Waals surface area (Å²) in [5.41, 5.74) is 2.85. The van der Waals surface area contributed by atoms with E-state index in [0.717, 1.165) is 30.0 Å². The van der Waals surface area contributed by atoms with E-state index in [1.807, 2.05) is 59.3 Å². The van der Waals surface area contributed by atoms with E-state index in [1.165, 1.54) is 6.07 Å². The van der Waals surface area contributed by atoms with Crippen molar-refractivity contribution in [2.75, 3.05) is 31.1 Å². The molecule has 4 aromatic rings. The first-order valence-corrected chi connectivity index (χ1v) is 11.4. The van der Waals surface area contributed by atoms with Crippen molar-refractivity contribution in [1.29, 1.82) is 0 Å². The SMILES string of the molecule is Fc1ccccc1N1CCN([C@H](c2ccc(Cl)cc2)c2nnnn2Cc2ccccc2)CC1. The molecule has 0 spiro atoms. The Bertz CT molecular complexity index is 1190. The van der Waals surface area contributed by atoms with E-state index < -0.39 is 0 Å². The molecule has 3 aromatic carbocycles. The van der Waals surface area contributed by atoms with Gasteiger partial charge in [0.05, 0.1) is 18.3 Å². The van der Waals surface area contributed by atoms with E-state index in [2.05, 4.69) is 37.5 Å². The van der Waals surface area contributed by atoms with Gasteiger partial charge < -0.3 is 4.90 Å². The summed E-state index contributed by atoms with van der Waals surface area (Å²) >= 11 is 6.17. The highest BCUT2D eigenvalue weighted by atomic mass is 35.5. The van der Waals surface area contributed by atoms with Gasteiger partial charge in [0.1, 0.15) is 5.82 Å². The van der Waals surface area contributed by atoms with Crippen molar-refractivity contribution in [3.8, 4) is 0 Å². The minimum absolute atomic E-state index is 0.135. The zero-order chi connectivity index (χ0) is 22.6. The third-order valence-corrected chi connectivity index (χ3v) is 6.29. The lowest BCUT2D eigenvalue weighted by atomic mass is 10.0. The molecule has 33 heavy (non-hydrogen) atoms. The van der Waals surface area contributed by atoms with E-state index in [4.69, 9.17) is 11.6 Å². The molecule has 1 aliphatic rings. The molecule has 1 atom stereocenters. The molecule has 5 rings (SSSR count). The first-order chi connectivity index (χ1) is 16.2. The van der Waals surface area contributed by atoms with Crippen molar-refractivity contribution in [3.05, 3.63) is 107 Å². The molecule has 2 heterocycles. The molecule has 0 unspecified atom stereocenters. The van der Waals surface area contributed by atoms with Crippen LogP contribution in [0.15, 0.2) is 78.9 Å². The fourth-order valence-electron chi connectivity index (χ4n) is 4.37. The summed E-state index contributed by atoms with van der Waals surface area (Å²) in [6, 6.07) is 24.8. The Balaban J connectivity index is 1.43. The first kappa shape index (κ1) is 21.6. The van der Waals surface area contributed by atoms with Crippen LogP contribution < -0.4 is 4.90 Å². The minimum atomic E-state index is -0.188. The van der Waals surface area contributed by atoms with E-state index in [9.17, 15) is 4.39 Å².